The van der Waals surface area contributed by atoms with Gasteiger partial charge in [0.25, 0.3) is 5.95 Å². The lowest BCUT2D eigenvalue weighted by Gasteiger charge is -2.13. The molecule has 1 amide bonds. The molecule has 2 aromatic heterocycles. The molecule has 0 radical (unpaired) electrons. The van der Waals surface area contributed by atoms with E-state index < -0.39 is 17.6 Å². The van der Waals surface area contributed by atoms with Crippen molar-refractivity contribution in [3.63, 3.8) is 0 Å². The fraction of sp³-hybridized carbons (Fsp3) is 0.238. The van der Waals surface area contributed by atoms with E-state index in [0.29, 0.717) is 11.5 Å². The first-order valence-electron chi connectivity index (χ1n) is 9.08. The Morgan fingerprint density at radius 1 is 1.07 bits per heavy atom. The number of amides is 1. The first-order chi connectivity index (χ1) is 14.0. The van der Waals surface area contributed by atoms with Crippen molar-refractivity contribution in [3.8, 4) is 5.95 Å². The van der Waals surface area contributed by atoms with Gasteiger partial charge in [0, 0.05) is 30.0 Å². The van der Waals surface area contributed by atoms with Gasteiger partial charge in [0.05, 0.1) is 11.3 Å². The van der Waals surface area contributed by atoms with Gasteiger partial charge in [0.2, 0.25) is 5.91 Å². The zero-order chi connectivity index (χ0) is 21.9. The number of rotatable bonds is 4. The number of aromatic nitrogens is 4. The minimum absolute atomic E-state index is 0.259. The minimum Gasteiger partial charge on any atom is -0.307 e. The lowest BCUT2D eigenvalue weighted by atomic mass is 9.92. The Labute approximate surface area is 171 Å². The van der Waals surface area contributed by atoms with E-state index >= 15 is 0 Å². The second-order valence-corrected chi connectivity index (χ2v) is 7.57. The van der Waals surface area contributed by atoms with Gasteiger partial charge in [-0.1, -0.05) is 32.9 Å². The Kier molecular flexibility index (Phi) is 5.73. The van der Waals surface area contributed by atoms with Crippen LogP contribution in [0.5, 0.6) is 0 Å². The van der Waals surface area contributed by atoms with Crippen molar-refractivity contribution in [2.24, 2.45) is 0 Å². The highest BCUT2D eigenvalue weighted by Gasteiger charge is 2.30. The van der Waals surface area contributed by atoms with Crippen LogP contribution in [0.3, 0.4) is 0 Å². The molecule has 0 saturated heterocycles. The first kappa shape index (κ1) is 21.2. The maximum absolute atomic E-state index is 12.8. The molecule has 0 spiro atoms. The van der Waals surface area contributed by atoms with Crippen molar-refractivity contribution < 1.29 is 18.0 Å². The summed E-state index contributed by atoms with van der Waals surface area (Å²) in [5.41, 5.74) is -0.0885. The topological polar surface area (TPSA) is 72.7 Å². The second-order valence-electron chi connectivity index (χ2n) is 7.57. The molecule has 156 valence electrons. The fourth-order valence-corrected chi connectivity index (χ4v) is 2.55. The van der Waals surface area contributed by atoms with Gasteiger partial charge >= 0.3 is 6.18 Å². The lowest BCUT2D eigenvalue weighted by molar-refractivity contribution is -0.137. The number of anilines is 1. The van der Waals surface area contributed by atoms with Crippen LogP contribution in [0.15, 0.2) is 54.9 Å². The highest BCUT2D eigenvalue weighted by Crippen LogP contribution is 2.30. The van der Waals surface area contributed by atoms with E-state index in [9.17, 15) is 18.0 Å². The molecule has 0 aliphatic heterocycles. The average Bonchev–Trinajstić information content (AvgIpc) is 3.11. The summed E-state index contributed by atoms with van der Waals surface area (Å²) in [6.07, 6.45) is 1.14. The molecule has 0 aliphatic rings. The number of benzene rings is 1. The second kappa shape index (κ2) is 8.10. The highest BCUT2D eigenvalue weighted by molar-refractivity contribution is 6.01. The van der Waals surface area contributed by atoms with Crippen LogP contribution in [0.4, 0.5) is 19.0 Å². The van der Waals surface area contributed by atoms with Gasteiger partial charge in [-0.25, -0.2) is 9.97 Å². The molecule has 3 aromatic rings. The van der Waals surface area contributed by atoms with Crippen molar-refractivity contribution in [2.45, 2.75) is 32.4 Å². The number of hydrogen-bond acceptors (Lipinski definition) is 4. The Balaban J connectivity index is 1.85. The number of halogens is 3. The third-order valence-corrected chi connectivity index (χ3v) is 4.11. The fourth-order valence-electron chi connectivity index (χ4n) is 2.55. The van der Waals surface area contributed by atoms with Crippen molar-refractivity contribution in [1.82, 2.24) is 19.7 Å². The van der Waals surface area contributed by atoms with Gasteiger partial charge < -0.3 is 5.32 Å². The molecule has 0 aliphatic carbocycles. The molecular formula is C21H20F3N5O. The van der Waals surface area contributed by atoms with E-state index in [1.807, 2.05) is 20.8 Å². The van der Waals surface area contributed by atoms with Gasteiger partial charge in [-0.15, -0.1) is 0 Å². The van der Waals surface area contributed by atoms with Crippen molar-refractivity contribution in [3.05, 3.63) is 71.7 Å². The van der Waals surface area contributed by atoms with E-state index in [1.165, 1.54) is 22.9 Å². The van der Waals surface area contributed by atoms with Crippen LogP contribution in [-0.2, 0) is 16.4 Å². The maximum Gasteiger partial charge on any atom is 0.416 e. The van der Waals surface area contributed by atoms with E-state index in [1.54, 1.807) is 24.5 Å². The molecule has 0 atom stereocenters. The molecule has 9 heteroatoms. The third-order valence-electron chi connectivity index (χ3n) is 4.11. The van der Waals surface area contributed by atoms with Gasteiger partial charge in [0.1, 0.15) is 5.82 Å². The third kappa shape index (κ3) is 5.11. The summed E-state index contributed by atoms with van der Waals surface area (Å²) < 4.78 is 39.9. The summed E-state index contributed by atoms with van der Waals surface area (Å²) in [7, 11) is 0. The summed E-state index contributed by atoms with van der Waals surface area (Å²) >= 11 is 0. The van der Waals surface area contributed by atoms with E-state index in [4.69, 9.17) is 0 Å². The van der Waals surface area contributed by atoms with Crippen LogP contribution < -0.4 is 5.32 Å². The van der Waals surface area contributed by atoms with Crippen LogP contribution in [0, 0.1) is 0 Å². The molecule has 6 nitrogen and oxygen atoms in total. The van der Waals surface area contributed by atoms with Crippen molar-refractivity contribution in [2.75, 3.05) is 5.32 Å². The summed E-state index contributed by atoms with van der Waals surface area (Å²) in [6, 6.07) is 8.10. The predicted octanol–water partition coefficient (Wildman–Crippen LogP) is 4.63. The van der Waals surface area contributed by atoms with Crippen LogP contribution in [0.25, 0.3) is 12.0 Å². The summed E-state index contributed by atoms with van der Waals surface area (Å²) in [6.45, 7) is 5.93. The maximum atomic E-state index is 12.8. The van der Waals surface area contributed by atoms with Gasteiger partial charge in [-0.05, 0) is 29.8 Å². The Hall–Kier alpha value is -3.49. The van der Waals surface area contributed by atoms with Crippen molar-refractivity contribution >= 4 is 17.8 Å². The van der Waals surface area contributed by atoms with E-state index in [2.05, 4.69) is 20.4 Å². The SMILES string of the molecule is CC(C)(C)c1cc(NC(=O)/C=C/c2cccc(C(F)(F)F)c2)n(-c2ncccn2)n1. The van der Waals surface area contributed by atoms with Crippen LogP contribution in [-0.4, -0.2) is 25.7 Å². The minimum atomic E-state index is -4.45. The molecule has 30 heavy (non-hydrogen) atoms. The van der Waals surface area contributed by atoms with Gasteiger partial charge in [-0.2, -0.15) is 23.0 Å². The molecule has 3 rings (SSSR count). The lowest BCUT2D eigenvalue weighted by Crippen LogP contribution is -2.14. The number of nitrogens with zero attached hydrogens (tertiary/aromatic N) is 4. The van der Waals surface area contributed by atoms with Crippen LogP contribution >= 0.6 is 0 Å². The number of hydrogen-bond donors (Lipinski definition) is 1. The molecule has 0 saturated carbocycles. The molecule has 0 unspecified atom stereocenters. The van der Waals surface area contributed by atoms with Gasteiger partial charge in [-0.3, -0.25) is 4.79 Å². The standard InChI is InChI=1S/C21H20F3N5O/c1-20(2,3)16-13-17(29(28-16)19-25-10-5-11-26-19)27-18(30)9-8-14-6-4-7-15(12-14)21(22,23)24/h4-13H,1-3H3,(H,27,30)/b9-8+. The molecule has 0 bridgehead atoms. The number of carbonyl (C=O) groups is 1. The van der Waals surface area contributed by atoms with Gasteiger partial charge in [0.15, 0.2) is 0 Å². The van der Waals surface area contributed by atoms with Crippen LogP contribution in [0.2, 0.25) is 0 Å². The van der Waals surface area contributed by atoms with Crippen LogP contribution in [0.1, 0.15) is 37.6 Å². The largest absolute Gasteiger partial charge is 0.416 e. The molecule has 0 fully saturated rings. The normalized spacial score (nSPS) is 12.3. The molecular weight excluding hydrogens is 395 g/mol. The number of carbonyl (C=O) groups excluding carboxylic acids is 1. The number of nitrogens with one attached hydrogen (secondary N) is 1. The highest BCUT2D eigenvalue weighted by atomic mass is 19.4. The average molecular weight is 415 g/mol. The molecule has 1 N–H and O–H groups in total. The predicted molar refractivity (Wildman–Crippen MR) is 107 cm³/mol. The molecule has 2 heterocycles. The van der Waals surface area contributed by atoms with E-state index in [0.717, 1.165) is 18.2 Å². The Morgan fingerprint density at radius 2 is 1.77 bits per heavy atom. The summed E-state index contributed by atoms with van der Waals surface area (Å²) in [5, 5.41) is 7.18. The summed E-state index contributed by atoms with van der Waals surface area (Å²) in [4.78, 5) is 20.7. The van der Waals surface area contributed by atoms with E-state index in [-0.39, 0.29) is 16.9 Å². The quantitative estimate of drug-likeness (QED) is 0.631. The Morgan fingerprint density at radius 3 is 2.40 bits per heavy atom. The Bertz CT molecular complexity index is 1070. The monoisotopic (exact) mass is 415 g/mol. The number of alkyl halides is 3. The summed E-state index contributed by atoms with van der Waals surface area (Å²) in [5.74, 6) is 0.111. The zero-order valence-corrected chi connectivity index (χ0v) is 16.6. The first-order valence-corrected chi connectivity index (χ1v) is 9.08. The zero-order valence-electron chi connectivity index (χ0n) is 16.6. The van der Waals surface area contributed by atoms with Crippen molar-refractivity contribution in [1.29, 1.82) is 0 Å². The smallest absolute Gasteiger partial charge is 0.307 e. The molecule has 1 aromatic carbocycles.